The highest BCUT2D eigenvalue weighted by atomic mass is 32.2. The lowest BCUT2D eigenvalue weighted by Gasteiger charge is -2.18. The zero-order valence-corrected chi connectivity index (χ0v) is 16.9. The third-order valence-electron chi connectivity index (χ3n) is 4.46. The van der Waals surface area contributed by atoms with Crippen molar-refractivity contribution in [2.75, 3.05) is 23.8 Å². The van der Waals surface area contributed by atoms with Crippen molar-refractivity contribution >= 4 is 46.4 Å². The van der Waals surface area contributed by atoms with Crippen molar-refractivity contribution in [3.63, 3.8) is 0 Å². The van der Waals surface area contributed by atoms with Gasteiger partial charge in [-0.3, -0.25) is 4.79 Å². The predicted octanol–water partition coefficient (Wildman–Crippen LogP) is 4.85. The van der Waals surface area contributed by atoms with Gasteiger partial charge in [0.1, 0.15) is 0 Å². The summed E-state index contributed by atoms with van der Waals surface area (Å²) in [6, 6.07) is 17.0. The Morgan fingerprint density at radius 2 is 1.93 bits per heavy atom. The molecule has 3 aromatic rings. The molecule has 4 rings (SSSR count). The van der Waals surface area contributed by atoms with Crippen LogP contribution in [-0.2, 0) is 6.42 Å². The van der Waals surface area contributed by atoms with Crippen LogP contribution in [-0.4, -0.2) is 25.5 Å². The summed E-state index contributed by atoms with van der Waals surface area (Å²) < 4.78 is 0. The molecule has 0 aliphatic carbocycles. The fourth-order valence-electron chi connectivity index (χ4n) is 3.01. The van der Waals surface area contributed by atoms with Gasteiger partial charge >= 0.3 is 6.03 Å². The molecule has 0 radical (unpaired) electrons. The lowest BCUT2D eigenvalue weighted by atomic mass is 10.2. The molecular weight excluding hydrogens is 390 g/mol. The van der Waals surface area contributed by atoms with E-state index < -0.39 is 0 Å². The summed E-state index contributed by atoms with van der Waals surface area (Å²) in [5, 5.41) is 7.75. The molecule has 2 aromatic carbocycles. The van der Waals surface area contributed by atoms with Crippen LogP contribution in [0.25, 0.3) is 0 Å². The first-order valence-corrected chi connectivity index (χ1v) is 10.6. The predicted molar refractivity (Wildman–Crippen MR) is 115 cm³/mol. The second-order valence-electron chi connectivity index (χ2n) is 6.36. The number of hydrogen-bond donors (Lipinski definition) is 2. The Labute approximate surface area is 171 Å². The van der Waals surface area contributed by atoms with Crippen LogP contribution < -0.4 is 15.5 Å². The van der Waals surface area contributed by atoms with E-state index in [2.05, 4.69) is 16.7 Å². The van der Waals surface area contributed by atoms with Gasteiger partial charge < -0.3 is 15.5 Å². The van der Waals surface area contributed by atoms with Crippen LogP contribution in [0, 0.1) is 0 Å². The van der Waals surface area contributed by atoms with Gasteiger partial charge in [0, 0.05) is 33.9 Å². The van der Waals surface area contributed by atoms with E-state index in [1.807, 2.05) is 53.9 Å². The van der Waals surface area contributed by atoms with Gasteiger partial charge in [-0.1, -0.05) is 30.0 Å². The number of thiophene rings is 1. The first-order chi connectivity index (χ1) is 13.6. The minimum atomic E-state index is -0.255. The third-order valence-corrected chi connectivity index (χ3v) is 6.53. The van der Waals surface area contributed by atoms with E-state index in [1.165, 1.54) is 4.88 Å². The Hall–Kier alpha value is -2.77. The molecule has 3 amide bonds. The molecule has 0 fully saturated rings. The zero-order chi connectivity index (χ0) is 19.5. The molecular formula is C21H19N3O2S2. The number of nitrogens with zero attached hydrogens (tertiary/aromatic N) is 1. The molecule has 28 heavy (non-hydrogen) atoms. The summed E-state index contributed by atoms with van der Waals surface area (Å²) in [5.74, 6) is -0.0561. The van der Waals surface area contributed by atoms with E-state index in [0.717, 1.165) is 21.9 Å². The maximum absolute atomic E-state index is 12.8. The molecule has 0 saturated heterocycles. The number of fused-ring (bicyclic) bond motifs is 2. The Balaban J connectivity index is 1.46. The second kappa shape index (κ2) is 8.08. The molecule has 1 aromatic heterocycles. The average Bonchev–Trinajstić information content (AvgIpc) is 3.18. The smallest absolute Gasteiger partial charge is 0.319 e. The molecule has 0 spiro atoms. The van der Waals surface area contributed by atoms with E-state index in [-0.39, 0.29) is 11.9 Å². The standard InChI is InChI=1S/C21H19N3O2S2/c1-24-17-13-14(23-21(26)22-11-10-15-5-4-12-27-15)8-9-19(17)28-18-7-3-2-6-16(18)20(24)25/h2-9,12-13H,10-11H2,1H3,(H2,22,23,26). The van der Waals surface area contributed by atoms with Crippen molar-refractivity contribution in [1.82, 2.24) is 5.32 Å². The number of anilines is 2. The van der Waals surface area contributed by atoms with Gasteiger partial charge in [-0.2, -0.15) is 0 Å². The van der Waals surface area contributed by atoms with Gasteiger partial charge in [0.05, 0.1) is 11.3 Å². The molecule has 0 atom stereocenters. The summed E-state index contributed by atoms with van der Waals surface area (Å²) in [4.78, 5) is 29.8. The van der Waals surface area contributed by atoms with Crippen LogP contribution in [0.4, 0.5) is 16.2 Å². The molecule has 142 valence electrons. The number of carbonyl (C=O) groups excluding carboxylic acids is 2. The minimum absolute atomic E-state index is 0.0561. The third kappa shape index (κ3) is 3.90. The van der Waals surface area contributed by atoms with E-state index in [1.54, 1.807) is 35.0 Å². The van der Waals surface area contributed by atoms with Crippen LogP contribution >= 0.6 is 23.1 Å². The molecule has 2 N–H and O–H groups in total. The minimum Gasteiger partial charge on any atom is -0.338 e. The fourth-order valence-corrected chi connectivity index (χ4v) is 4.81. The van der Waals surface area contributed by atoms with Gasteiger partial charge in [-0.05, 0) is 48.2 Å². The van der Waals surface area contributed by atoms with Gasteiger partial charge in [-0.15, -0.1) is 11.3 Å². The number of hydrogen-bond acceptors (Lipinski definition) is 4. The number of amides is 3. The van der Waals surface area contributed by atoms with Crippen LogP contribution in [0.5, 0.6) is 0 Å². The van der Waals surface area contributed by atoms with Crippen LogP contribution in [0.2, 0.25) is 0 Å². The highest BCUT2D eigenvalue weighted by Crippen LogP contribution is 2.41. The molecule has 2 heterocycles. The Kier molecular flexibility index (Phi) is 5.36. The van der Waals surface area contributed by atoms with Crippen molar-refractivity contribution in [1.29, 1.82) is 0 Å². The average molecular weight is 410 g/mol. The second-order valence-corrected chi connectivity index (χ2v) is 8.47. The van der Waals surface area contributed by atoms with E-state index in [4.69, 9.17) is 0 Å². The summed E-state index contributed by atoms with van der Waals surface area (Å²) in [5.41, 5.74) is 2.12. The Morgan fingerprint density at radius 1 is 1.07 bits per heavy atom. The van der Waals surface area contributed by atoms with Gasteiger partial charge in [-0.25, -0.2) is 4.79 Å². The lowest BCUT2D eigenvalue weighted by molar-refractivity contribution is 0.0990. The summed E-state index contributed by atoms with van der Waals surface area (Å²) in [6.07, 6.45) is 0.807. The zero-order valence-electron chi connectivity index (χ0n) is 15.3. The summed E-state index contributed by atoms with van der Waals surface area (Å²) in [7, 11) is 1.76. The molecule has 1 aliphatic heterocycles. The normalized spacial score (nSPS) is 12.8. The van der Waals surface area contributed by atoms with Crippen LogP contribution in [0.1, 0.15) is 15.2 Å². The number of carbonyl (C=O) groups is 2. The van der Waals surface area contributed by atoms with E-state index >= 15 is 0 Å². The van der Waals surface area contributed by atoms with Crippen molar-refractivity contribution in [2.24, 2.45) is 0 Å². The van der Waals surface area contributed by atoms with Crippen molar-refractivity contribution in [3.8, 4) is 0 Å². The lowest BCUT2D eigenvalue weighted by Crippen LogP contribution is -2.30. The quantitative estimate of drug-likeness (QED) is 0.647. The molecule has 1 aliphatic rings. The van der Waals surface area contributed by atoms with E-state index in [0.29, 0.717) is 17.8 Å². The number of nitrogens with one attached hydrogen (secondary N) is 2. The molecule has 7 heteroatoms. The molecule has 0 unspecified atom stereocenters. The highest BCUT2D eigenvalue weighted by molar-refractivity contribution is 7.99. The molecule has 0 saturated carbocycles. The Bertz CT molecular complexity index is 1020. The highest BCUT2D eigenvalue weighted by Gasteiger charge is 2.24. The number of benzene rings is 2. The van der Waals surface area contributed by atoms with Gasteiger partial charge in [0.25, 0.3) is 5.91 Å². The van der Waals surface area contributed by atoms with Crippen molar-refractivity contribution in [3.05, 3.63) is 70.4 Å². The first kappa shape index (κ1) is 18.6. The van der Waals surface area contributed by atoms with Crippen molar-refractivity contribution in [2.45, 2.75) is 16.2 Å². The topological polar surface area (TPSA) is 61.4 Å². The van der Waals surface area contributed by atoms with Gasteiger partial charge in [0.15, 0.2) is 0 Å². The summed E-state index contributed by atoms with van der Waals surface area (Å²) in [6.45, 7) is 0.570. The summed E-state index contributed by atoms with van der Waals surface area (Å²) >= 11 is 3.24. The maximum Gasteiger partial charge on any atom is 0.319 e. The fraction of sp³-hybridized carbons (Fsp3) is 0.143. The van der Waals surface area contributed by atoms with Gasteiger partial charge in [0.2, 0.25) is 0 Å². The monoisotopic (exact) mass is 409 g/mol. The molecule has 5 nitrogen and oxygen atoms in total. The largest absolute Gasteiger partial charge is 0.338 e. The van der Waals surface area contributed by atoms with E-state index in [9.17, 15) is 9.59 Å². The van der Waals surface area contributed by atoms with Crippen molar-refractivity contribution < 1.29 is 9.59 Å². The maximum atomic E-state index is 12.8. The number of urea groups is 1. The van der Waals surface area contributed by atoms with Crippen LogP contribution in [0.3, 0.4) is 0 Å². The Morgan fingerprint density at radius 3 is 2.75 bits per heavy atom. The SMILES string of the molecule is CN1C(=O)c2ccccc2Sc2ccc(NC(=O)NCCc3cccs3)cc21. The number of rotatable bonds is 4. The van der Waals surface area contributed by atoms with Crippen LogP contribution in [0.15, 0.2) is 69.8 Å². The molecule has 0 bridgehead atoms. The first-order valence-electron chi connectivity index (χ1n) is 8.88.